The summed E-state index contributed by atoms with van der Waals surface area (Å²) in [5.74, 6) is 0.240. The molecule has 2 rings (SSSR count). The smallest absolute Gasteiger partial charge is 0.143 e. The predicted molar refractivity (Wildman–Crippen MR) is 89.9 cm³/mol. The molecule has 0 heterocycles. The van der Waals surface area contributed by atoms with E-state index in [1.165, 1.54) is 11.1 Å². The Balaban J connectivity index is 1.92. The predicted octanol–water partition coefficient (Wildman–Crippen LogP) is 4.77. The highest BCUT2D eigenvalue weighted by Crippen LogP contribution is 2.33. The summed E-state index contributed by atoms with van der Waals surface area (Å²) in [5.41, 5.74) is 3.76. The molecule has 0 unspecified atom stereocenters. The zero-order valence-electron chi connectivity index (χ0n) is 11.3. The van der Waals surface area contributed by atoms with E-state index in [9.17, 15) is 5.11 Å². The normalized spacial score (nSPS) is 10.8. The summed E-state index contributed by atoms with van der Waals surface area (Å²) in [7, 11) is 0. The minimum absolute atomic E-state index is 0.240. The number of phenolic OH excluding ortho intramolecular Hbond substituents is 1. The van der Waals surface area contributed by atoms with Gasteiger partial charge < -0.3 is 10.4 Å². The molecule has 106 valence electrons. The molecule has 0 radical (unpaired) electrons. The fourth-order valence-electron chi connectivity index (χ4n) is 1.96. The van der Waals surface area contributed by atoms with Crippen LogP contribution >= 0.6 is 31.9 Å². The molecule has 2 N–H and O–H groups in total. The van der Waals surface area contributed by atoms with Crippen LogP contribution in [-0.4, -0.2) is 5.11 Å². The first-order valence-electron chi connectivity index (χ1n) is 6.55. The van der Waals surface area contributed by atoms with E-state index in [4.69, 9.17) is 0 Å². The molecule has 0 amide bonds. The van der Waals surface area contributed by atoms with Gasteiger partial charge in [-0.3, -0.25) is 0 Å². The van der Waals surface area contributed by atoms with Crippen molar-refractivity contribution in [1.82, 2.24) is 5.32 Å². The van der Waals surface area contributed by atoms with Gasteiger partial charge in [0.2, 0.25) is 0 Å². The Morgan fingerprint density at radius 1 is 0.900 bits per heavy atom. The van der Waals surface area contributed by atoms with Crippen LogP contribution in [-0.2, 0) is 19.5 Å². The van der Waals surface area contributed by atoms with Gasteiger partial charge >= 0.3 is 0 Å². The zero-order valence-corrected chi connectivity index (χ0v) is 14.5. The van der Waals surface area contributed by atoms with Crippen LogP contribution in [0.15, 0.2) is 45.3 Å². The van der Waals surface area contributed by atoms with Crippen LogP contribution in [0.4, 0.5) is 0 Å². The number of nitrogens with one attached hydrogen (secondary N) is 1. The fourth-order valence-corrected chi connectivity index (χ4v) is 3.25. The number of hydrogen-bond donors (Lipinski definition) is 2. The Kier molecular flexibility index (Phi) is 5.64. The zero-order chi connectivity index (χ0) is 14.5. The third kappa shape index (κ3) is 4.08. The molecule has 0 atom stereocenters. The largest absolute Gasteiger partial charge is 0.506 e. The second-order valence-corrected chi connectivity index (χ2v) is 6.39. The van der Waals surface area contributed by atoms with Gasteiger partial charge in [0.15, 0.2) is 0 Å². The molecule has 0 bridgehead atoms. The quantitative estimate of drug-likeness (QED) is 0.760. The van der Waals surface area contributed by atoms with Crippen molar-refractivity contribution in [3.8, 4) is 5.75 Å². The summed E-state index contributed by atoms with van der Waals surface area (Å²) < 4.78 is 1.41. The summed E-state index contributed by atoms with van der Waals surface area (Å²) in [4.78, 5) is 0. The molecule has 0 fully saturated rings. The molecule has 4 heteroatoms. The molecule has 20 heavy (non-hydrogen) atoms. The number of aryl methyl sites for hydroxylation is 1. The minimum atomic E-state index is 0.240. The van der Waals surface area contributed by atoms with Crippen LogP contribution in [0.5, 0.6) is 5.75 Å². The van der Waals surface area contributed by atoms with E-state index in [0.717, 1.165) is 25.1 Å². The van der Waals surface area contributed by atoms with Crippen molar-refractivity contribution >= 4 is 31.9 Å². The Morgan fingerprint density at radius 3 is 1.95 bits per heavy atom. The van der Waals surface area contributed by atoms with Gasteiger partial charge in [0.1, 0.15) is 5.75 Å². The SMILES string of the molecule is CCc1ccc(CNCc2cc(Br)c(O)c(Br)c2)cc1. The van der Waals surface area contributed by atoms with Gasteiger partial charge in [-0.1, -0.05) is 31.2 Å². The van der Waals surface area contributed by atoms with Crippen molar-refractivity contribution < 1.29 is 5.11 Å². The average Bonchev–Trinajstić information content (AvgIpc) is 2.45. The summed E-state index contributed by atoms with van der Waals surface area (Å²) in [6.07, 6.45) is 1.07. The highest BCUT2D eigenvalue weighted by molar-refractivity contribution is 9.11. The molecule has 0 aliphatic rings. The van der Waals surface area contributed by atoms with Crippen molar-refractivity contribution in [3.05, 3.63) is 62.0 Å². The lowest BCUT2D eigenvalue weighted by atomic mass is 10.1. The highest BCUT2D eigenvalue weighted by Gasteiger charge is 2.05. The van der Waals surface area contributed by atoms with E-state index >= 15 is 0 Å². The van der Waals surface area contributed by atoms with Crippen LogP contribution in [0, 0.1) is 0 Å². The van der Waals surface area contributed by atoms with Crippen LogP contribution in [0.25, 0.3) is 0 Å². The van der Waals surface area contributed by atoms with E-state index in [1.54, 1.807) is 0 Å². The van der Waals surface area contributed by atoms with Crippen molar-refractivity contribution in [3.63, 3.8) is 0 Å². The number of rotatable bonds is 5. The van der Waals surface area contributed by atoms with Crippen molar-refractivity contribution in [1.29, 1.82) is 0 Å². The van der Waals surface area contributed by atoms with Crippen molar-refractivity contribution in [2.24, 2.45) is 0 Å². The Hall–Kier alpha value is -0.840. The van der Waals surface area contributed by atoms with E-state index in [0.29, 0.717) is 8.95 Å². The van der Waals surface area contributed by atoms with Gasteiger partial charge in [0.25, 0.3) is 0 Å². The van der Waals surface area contributed by atoms with Crippen LogP contribution in [0.2, 0.25) is 0 Å². The standard InChI is InChI=1S/C16H17Br2NO/c1-2-11-3-5-12(6-4-11)9-19-10-13-7-14(17)16(20)15(18)8-13/h3-8,19-20H,2,9-10H2,1H3. The van der Waals surface area contributed by atoms with Crippen molar-refractivity contribution in [2.75, 3.05) is 0 Å². The number of hydrogen-bond acceptors (Lipinski definition) is 2. The first kappa shape index (κ1) is 15.5. The fraction of sp³-hybridized carbons (Fsp3) is 0.250. The molecule has 0 aliphatic carbocycles. The molecular formula is C16H17Br2NO. The van der Waals surface area contributed by atoms with Gasteiger partial charge in [-0.15, -0.1) is 0 Å². The minimum Gasteiger partial charge on any atom is -0.506 e. The molecule has 0 aromatic heterocycles. The Bertz CT molecular complexity index is 559. The van der Waals surface area contributed by atoms with E-state index < -0.39 is 0 Å². The van der Waals surface area contributed by atoms with E-state index in [2.05, 4.69) is 68.4 Å². The second kappa shape index (κ2) is 7.25. The van der Waals surface area contributed by atoms with E-state index in [1.807, 2.05) is 12.1 Å². The summed E-state index contributed by atoms with van der Waals surface area (Å²) in [6, 6.07) is 12.5. The Morgan fingerprint density at radius 2 is 1.40 bits per heavy atom. The number of halogens is 2. The number of phenols is 1. The lowest BCUT2D eigenvalue weighted by molar-refractivity contribution is 0.468. The summed E-state index contributed by atoms with van der Waals surface area (Å²) >= 11 is 6.68. The Labute approximate surface area is 136 Å². The third-order valence-electron chi connectivity index (χ3n) is 3.17. The molecule has 0 spiro atoms. The maximum Gasteiger partial charge on any atom is 0.143 e. The van der Waals surface area contributed by atoms with Crippen LogP contribution < -0.4 is 5.32 Å². The first-order valence-corrected chi connectivity index (χ1v) is 8.14. The lowest BCUT2D eigenvalue weighted by Crippen LogP contribution is -2.12. The molecular weight excluding hydrogens is 382 g/mol. The average molecular weight is 399 g/mol. The van der Waals surface area contributed by atoms with Gasteiger partial charge in [-0.2, -0.15) is 0 Å². The van der Waals surface area contributed by atoms with Crippen LogP contribution in [0.1, 0.15) is 23.6 Å². The van der Waals surface area contributed by atoms with Crippen LogP contribution in [0.3, 0.4) is 0 Å². The van der Waals surface area contributed by atoms with Gasteiger partial charge in [0, 0.05) is 13.1 Å². The topological polar surface area (TPSA) is 32.3 Å². The molecule has 2 nitrogen and oxygen atoms in total. The number of benzene rings is 2. The monoisotopic (exact) mass is 397 g/mol. The van der Waals surface area contributed by atoms with Gasteiger partial charge in [-0.25, -0.2) is 0 Å². The maximum absolute atomic E-state index is 9.67. The molecule has 0 saturated heterocycles. The highest BCUT2D eigenvalue weighted by atomic mass is 79.9. The maximum atomic E-state index is 9.67. The molecule has 2 aromatic rings. The van der Waals surface area contributed by atoms with Gasteiger partial charge in [-0.05, 0) is 67.1 Å². The summed E-state index contributed by atoms with van der Waals surface area (Å²) in [6.45, 7) is 3.75. The molecule has 2 aromatic carbocycles. The van der Waals surface area contributed by atoms with E-state index in [-0.39, 0.29) is 5.75 Å². The van der Waals surface area contributed by atoms with Crippen molar-refractivity contribution in [2.45, 2.75) is 26.4 Å². The lowest BCUT2D eigenvalue weighted by Gasteiger charge is -2.08. The number of aromatic hydroxyl groups is 1. The van der Waals surface area contributed by atoms with Gasteiger partial charge in [0.05, 0.1) is 8.95 Å². The molecule has 0 aliphatic heterocycles. The summed E-state index contributed by atoms with van der Waals surface area (Å²) in [5, 5.41) is 13.1. The first-order chi connectivity index (χ1) is 9.60. The second-order valence-electron chi connectivity index (χ2n) is 4.68. The third-order valence-corrected chi connectivity index (χ3v) is 4.38. The molecule has 0 saturated carbocycles.